The fraction of sp³-hybridized carbons (Fsp3) is 0.485. The number of likely N-dealkylation sites (tertiary alicyclic amines) is 1. The predicted octanol–water partition coefficient (Wildman–Crippen LogP) is 5.80. The van der Waals surface area contributed by atoms with Crippen LogP contribution in [0.3, 0.4) is 0 Å². The molecule has 6 rings (SSSR count). The van der Waals surface area contributed by atoms with Crippen LogP contribution in [0.2, 0.25) is 0 Å². The Bertz CT molecular complexity index is 1460. The van der Waals surface area contributed by atoms with Gasteiger partial charge in [0.15, 0.2) is 5.13 Å². The Hall–Kier alpha value is -3.43. The second-order valence-corrected chi connectivity index (χ2v) is 12.8. The lowest BCUT2D eigenvalue weighted by Crippen LogP contribution is -2.44. The lowest BCUT2D eigenvalue weighted by atomic mass is 9.85. The van der Waals surface area contributed by atoms with Crippen LogP contribution in [-0.2, 0) is 16.1 Å². The van der Waals surface area contributed by atoms with Crippen molar-refractivity contribution in [1.29, 1.82) is 0 Å². The summed E-state index contributed by atoms with van der Waals surface area (Å²) in [5.74, 6) is 0.328. The molecule has 8 nitrogen and oxygen atoms in total. The van der Waals surface area contributed by atoms with Crippen molar-refractivity contribution in [3.63, 3.8) is 0 Å². The van der Waals surface area contributed by atoms with Crippen LogP contribution in [0, 0.1) is 31.6 Å². The average Bonchev–Trinajstić information content (AvgIpc) is 3.71. The second kappa shape index (κ2) is 12.1. The molecular weight excluding hydrogens is 550 g/mol. The van der Waals surface area contributed by atoms with Crippen molar-refractivity contribution in [2.75, 3.05) is 37.7 Å². The molecule has 3 fully saturated rings. The molecule has 1 aliphatic carbocycles. The number of hydrogen-bond acceptors (Lipinski definition) is 7. The number of piperidine rings is 1. The Morgan fingerprint density at radius 2 is 1.83 bits per heavy atom. The van der Waals surface area contributed by atoms with E-state index in [1.54, 1.807) is 11.3 Å². The highest BCUT2D eigenvalue weighted by atomic mass is 32.1. The maximum atomic E-state index is 13.1. The zero-order valence-corrected chi connectivity index (χ0v) is 25.4. The van der Waals surface area contributed by atoms with Gasteiger partial charge in [0.2, 0.25) is 0 Å². The fourth-order valence-electron chi connectivity index (χ4n) is 6.90. The van der Waals surface area contributed by atoms with Crippen molar-refractivity contribution < 1.29 is 24.2 Å². The van der Waals surface area contributed by atoms with Gasteiger partial charge in [0, 0.05) is 49.3 Å². The summed E-state index contributed by atoms with van der Waals surface area (Å²) in [4.78, 5) is 34.0. The number of hydrogen-bond donors (Lipinski definition) is 1. The molecule has 1 unspecified atom stereocenters. The molecule has 1 saturated carbocycles. The second-order valence-electron chi connectivity index (χ2n) is 11.9. The molecule has 222 valence electrons. The summed E-state index contributed by atoms with van der Waals surface area (Å²) in [6.07, 6.45) is 2.97. The molecule has 0 radical (unpaired) electrons. The van der Waals surface area contributed by atoms with E-state index in [0.29, 0.717) is 25.3 Å². The largest absolute Gasteiger partial charge is 0.488 e. The van der Waals surface area contributed by atoms with Crippen LogP contribution in [0.4, 0.5) is 5.13 Å². The minimum atomic E-state index is -0.651. The first kappa shape index (κ1) is 28.7. The molecule has 9 heteroatoms. The Morgan fingerprint density at radius 1 is 1.05 bits per heavy atom. The van der Waals surface area contributed by atoms with Crippen LogP contribution >= 0.6 is 11.3 Å². The van der Waals surface area contributed by atoms with Gasteiger partial charge in [0.1, 0.15) is 12.4 Å². The first-order chi connectivity index (χ1) is 20.3. The predicted molar refractivity (Wildman–Crippen MR) is 163 cm³/mol. The maximum Gasteiger partial charge on any atom is 0.307 e. The standard InChI is InChI=1S/C33H39N3O5S/c1-4-40-26-11-12-35(17-26)31(37)22-6-9-25(21(3)14-22)18-41-29-10-5-20(2)13-27(29)28-19-42-33(34-28)36-15-23-7-8-24(16-36)30(23)32(38)39/h5-6,9-10,13-14,19,23-24,26,30H,4,7-8,11-12,15-18H2,1-3H3,(H,38,39)/t23-,24+,26?,30+. The lowest BCUT2D eigenvalue weighted by Gasteiger charge is -2.35. The van der Waals surface area contributed by atoms with E-state index < -0.39 is 5.97 Å². The van der Waals surface area contributed by atoms with Gasteiger partial charge < -0.3 is 24.4 Å². The maximum absolute atomic E-state index is 13.1. The average molecular weight is 590 g/mol. The number of amides is 1. The molecule has 1 N–H and O–H groups in total. The highest BCUT2D eigenvalue weighted by molar-refractivity contribution is 7.14. The van der Waals surface area contributed by atoms with Crippen LogP contribution in [0.1, 0.15) is 53.2 Å². The molecule has 2 aliphatic heterocycles. The van der Waals surface area contributed by atoms with Crippen LogP contribution in [0.5, 0.6) is 5.75 Å². The number of benzene rings is 2. The lowest BCUT2D eigenvalue weighted by molar-refractivity contribution is -0.144. The van der Waals surface area contributed by atoms with Crippen LogP contribution < -0.4 is 9.64 Å². The number of carboxylic acid groups (broad SMARTS) is 1. The van der Waals surface area contributed by atoms with Gasteiger partial charge in [-0.25, -0.2) is 4.98 Å². The van der Waals surface area contributed by atoms with Crippen molar-refractivity contribution in [2.24, 2.45) is 17.8 Å². The summed E-state index contributed by atoms with van der Waals surface area (Å²) >= 11 is 1.61. The summed E-state index contributed by atoms with van der Waals surface area (Å²) in [6, 6.07) is 12.0. The number of aromatic nitrogens is 1. The minimum Gasteiger partial charge on any atom is -0.488 e. The van der Waals surface area contributed by atoms with E-state index in [9.17, 15) is 14.7 Å². The quantitative estimate of drug-likeness (QED) is 0.337. The number of fused-ring (bicyclic) bond motifs is 2. The molecule has 3 aliphatic rings. The molecule has 2 aromatic carbocycles. The number of rotatable bonds is 9. The number of carbonyl (C=O) groups is 2. The smallest absolute Gasteiger partial charge is 0.307 e. The normalized spacial score (nSPS) is 23.4. The number of aliphatic carboxylic acids is 1. The highest BCUT2D eigenvalue weighted by Gasteiger charge is 2.46. The van der Waals surface area contributed by atoms with Gasteiger partial charge in [-0.1, -0.05) is 17.7 Å². The Labute approximate surface area is 251 Å². The van der Waals surface area contributed by atoms with Gasteiger partial charge in [-0.2, -0.15) is 0 Å². The number of carboxylic acids is 1. The van der Waals surface area contributed by atoms with E-state index in [0.717, 1.165) is 77.7 Å². The Morgan fingerprint density at radius 3 is 2.55 bits per heavy atom. The third-order valence-electron chi connectivity index (χ3n) is 9.10. The van der Waals surface area contributed by atoms with E-state index in [1.165, 1.54) is 0 Å². The monoisotopic (exact) mass is 589 g/mol. The van der Waals surface area contributed by atoms with E-state index in [4.69, 9.17) is 14.5 Å². The van der Waals surface area contributed by atoms with Crippen LogP contribution in [0.25, 0.3) is 11.3 Å². The number of thiazole rings is 1. The molecule has 42 heavy (non-hydrogen) atoms. The summed E-state index contributed by atoms with van der Waals surface area (Å²) < 4.78 is 12.1. The van der Waals surface area contributed by atoms with Gasteiger partial charge in [0.25, 0.3) is 5.91 Å². The topological polar surface area (TPSA) is 92.2 Å². The van der Waals surface area contributed by atoms with Crippen molar-refractivity contribution in [1.82, 2.24) is 9.88 Å². The van der Waals surface area contributed by atoms with E-state index in [-0.39, 0.29) is 29.8 Å². The summed E-state index contributed by atoms with van der Waals surface area (Å²) in [5, 5.41) is 12.7. The molecule has 1 amide bonds. The molecule has 4 atom stereocenters. The molecule has 2 saturated heterocycles. The van der Waals surface area contributed by atoms with Gasteiger partial charge in [-0.3, -0.25) is 9.59 Å². The zero-order valence-electron chi connectivity index (χ0n) is 24.5. The van der Waals surface area contributed by atoms with Crippen LogP contribution in [0.15, 0.2) is 41.8 Å². The summed E-state index contributed by atoms with van der Waals surface area (Å²) in [7, 11) is 0. The summed E-state index contributed by atoms with van der Waals surface area (Å²) in [6.45, 7) is 9.99. The third kappa shape index (κ3) is 5.77. The van der Waals surface area contributed by atoms with E-state index in [1.807, 2.05) is 49.1 Å². The van der Waals surface area contributed by atoms with Gasteiger partial charge in [0.05, 0.1) is 17.7 Å². The van der Waals surface area contributed by atoms with E-state index >= 15 is 0 Å². The molecule has 3 aromatic rings. The Kier molecular flexibility index (Phi) is 8.23. The van der Waals surface area contributed by atoms with Gasteiger partial charge >= 0.3 is 5.97 Å². The van der Waals surface area contributed by atoms with Crippen molar-refractivity contribution in [3.05, 3.63) is 64.0 Å². The van der Waals surface area contributed by atoms with Gasteiger partial charge in [-0.05, 0) is 87.3 Å². The van der Waals surface area contributed by atoms with Crippen LogP contribution in [-0.4, -0.2) is 65.8 Å². The number of anilines is 1. The first-order valence-electron chi connectivity index (χ1n) is 15.0. The summed E-state index contributed by atoms with van der Waals surface area (Å²) in [5.41, 5.74) is 5.69. The molecule has 3 heterocycles. The Balaban J connectivity index is 1.14. The van der Waals surface area contributed by atoms with Gasteiger partial charge in [-0.15, -0.1) is 11.3 Å². The molecule has 1 aromatic heterocycles. The molecular formula is C33H39N3O5S. The SMILES string of the molecule is CCOC1CCN(C(=O)c2ccc(COc3ccc(C)cc3-c3csc(N4C[C@H]5CC[C@@H](C4)[C@H]5C(=O)O)n3)c(C)c2)C1. The number of ether oxygens (including phenoxy) is 2. The number of carbonyl (C=O) groups excluding carboxylic acids is 1. The minimum absolute atomic E-state index is 0.0492. The van der Waals surface area contributed by atoms with Crippen molar-refractivity contribution in [2.45, 2.75) is 52.7 Å². The fourth-order valence-corrected chi connectivity index (χ4v) is 7.74. The number of nitrogens with zero attached hydrogens (tertiary/aromatic N) is 3. The highest BCUT2D eigenvalue weighted by Crippen LogP contribution is 2.44. The zero-order chi connectivity index (χ0) is 29.4. The third-order valence-corrected chi connectivity index (χ3v) is 10.0. The van der Waals surface area contributed by atoms with Crippen molar-refractivity contribution in [3.8, 4) is 17.0 Å². The van der Waals surface area contributed by atoms with Crippen molar-refractivity contribution >= 4 is 28.3 Å². The molecule has 2 bridgehead atoms. The first-order valence-corrected chi connectivity index (χ1v) is 15.9. The molecule has 0 spiro atoms. The van der Waals surface area contributed by atoms with E-state index in [2.05, 4.69) is 23.3 Å². The number of aryl methyl sites for hydroxylation is 2.